The number of hydrogen-bond acceptors (Lipinski definition) is 3. The van der Waals surface area contributed by atoms with E-state index in [4.69, 9.17) is 10.5 Å². The first kappa shape index (κ1) is 10.3. The molecule has 0 aromatic heterocycles. The predicted molar refractivity (Wildman–Crippen MR) is 54.6 cm³/mol. The van der Waals surface area contributed by atoms with E-state index >= 15 is 0 Å². The highest BCUT2D eigenvalue weighted by atomic mass is 16.5. The van der Waals surface area contributed by atoms with Crippen LogP contribution in [0.3, 0.4) is 0 Å². The molecular weight excluding hydrogens is 164 g/mol. The number of allylic oxidation sites excluding steroid dienone is 1. The lowest BCUT2D eigenvalue weighted by Crippen LogP contribution is -2.29. The van der Waals surface area contributed by atoms with Crippen molar-refractivity contribution in [1.82, 2.24) is 0 Å². The van der Waals surface area contributed by atoms with Crippen LogP contribution in [0.25, 0.3) is 0 Å². The van der Waals surface area contributed by atoms with Gasteiger partial charge in [0.15, 0.2) is 0 Å². The number of nitrogens with zero attached hydrogens (tertiary/aromatic N) is 1. The van der Waals surface area contributed by atoms with Crippen molar-refractivity contribution in [2.75, 3.05) is 6.61 Å². The Labute approximate surface area is 79.7 Å². The van der Waals surface area contributed by atoms with E-state index in [2.05, 4.69) is 24.9 Å². The lowest BCUT2D eigenvalue weighted by Gasteiger charge is -2.10. The predicted octanol–water partition coefficient (Wildman–Crippen LogP) is 1.69. The fourth-order valence-electron chi connectivity index (χ4n) is 1.17. The van der Waals surface area contributed by atoms with Crippen molar-refractivity contribution >= 4 is 5.90 Å². The first-order chi connectivity index (χ1) is 6.11. The molecule has 3 nitrogen and oxygen atoms in total. The molecule has 0 bridgehead atoms. The fraction of sp³-hybridized carbons (Fsp3) is 0.700. The molecule has 2 N–H and O–H groups in total. The molecule has 13 heavy (non-hydrogen) atoms. The molecule has 1 atom stereocenters. The van der Waals surface area contributed by atoms with Crippen molar-refractivity contribution in [2.45, 2.75) is 33.2 Å². The molecule has 0 aliphatic carbocycles. The summed E-state index contributed by atoms with van der Waals surface area (Å²) >= 11 is 0. The third-order valence-electron chi connectivity index (χ3n) is 1.94. The minimum absolute atomic E-state index is 0.111. The van der Waals surface area contributed by atoms with Gasteiger partial charge in [0.2, 0.25) is 5.90 Å². The van der Waals surface area contributed by atoms with Gasteiger partial charge in [0.1, 0.15) is 0 Å². The summed E-state index contributed by atoms with van der Waals surface area (Å²) in [5.41, 5.74) is 6.80. The van der Waals surface area contributed by atoms with Crippen LogP contribution in [0.4, 0.5) is 0 Å². The molecule has 1 heterocycles. The maximum Gasteiger partial charge on any atom is 0.205 e. The van der Waals surface area contributed by atoms with Crippen molar-refractivity contribution in [3.8, 4) is 0 Å². The summed E-state index contributed by atoms with van der Waals surface area (Å²) in [6, 6.07) is -0.111. The third kappa shape index (κ3) is 2.84. The number of nitrogens with two attached hydrogens (primary N) is 1. The summed E-state index contributed by atoms with van der Waals surface area (Å²) in [7, 11) is 0. The summed E-state index contributed by atoms with van der Waals surface area (Å²) in [5, 5.41) is 0. The molecule has 74 valence electrons. The maximum absolute atomic E-state index is 5.72. The van der Waals surface area contributed by atoms with Gasteiger partial charge in [-0.1, -0.05) is 19.9 Å². The number of rotatable bonds is 2. The Hall–Kier alpha value is -0.830. The number of hydrogen-bond donors (Lipinski definition) is 1. The largest absolute Gasteiger partial charge is 0.479 e. The molecular formula is C10H18N2O. The van der Waals surface area contributed by atoms with E-state index < -0.39 is 0 Å². The van der Waals surface area contributed by atoms with Gasteiger partial charge in [-0.3, -0.25) is 0 Å². The van der Waals surface area contributed by atoms with Gasteiger partial charge >= 0.3 is 0 Å². The molecule has 1 unspecified atom stereocenters. The Kier molecular flexibility index (Phi) is 3.48. The van der Waals surface area contributed by atoms with Crippen molar-refractivity contribution in [1.29, 1.82) is 0 Å². The van der Waals surface area contributed by atoms with E-state index in [-0.39, 0.29) is 6.04 Å². The van der Waals surface area contributed by atoms with Crippen LogP contribution in [0.15, 0.2) is 16.8 Å². The molecule has 0 fully saturated rings. The van der Waals surface area contributed by atoms with Crippen LogP contribution < -0.4 is 5.73 Å². The Bertz CT molecular complexity index is 229. The second-order valence-electron chi connectivity index (χ2n) is 3.66. The van der Waals surface area contributed by atoms with Gasteiger partial charge in [-0.25, -0.2) is 4.99 Å². The normalized spacial score (nSPS) is 20.1. The summed E-state index contributed by atoms with van der Waals surface area (Å²) in [5.74, 6) is 1.10. The topological polar surface area (TPSA) is 47.6 Å². The van der Waals surface area contributed by atoms with Gasteiger partial charge in [0.25, 0.3) is 0 Å². The maximum atomic E-state index is 5.72. The SMILES string of the molecule is CC(C)C1=CCCOC(C(C)N)=N1. The average molecular weight is 182 g/mol. The fourth-order valence-corrected chi connectivity index (χ4v) is 1.17. The number of aliphatic imine (C=N–C) groups is 1. The molecule has 3 heteroatoms. The molecule has 0 saturated carbocycles. The third-order valence-corrected chi connectivity index (χ3v) is 1.94. The van der Waals surface area contributed by atoms with E-state index in [9.17, 15) is 0 Å². The Morgan fingerprint density at radius 1 is 1.46 bits per heavy atom. The van der Waals surface area contributed by atoms with E-state index in [1.54, 1.807) is 0 Å². The van der Waals surface area contributed by atoms with E-state index in [1.807, 2.05) is 6.92 Å². The van der Waals surface area contributed by atoms with Crippen molar-refractivity contribution in [3.05, 3.63) is 11.8 Å². The zero-order valence-electron chi connectivity index (χ0n) is 8.58. The van der Waals surface area contributed by atoms with E-state index in [1.165, 1.54) is 0 Å². The Morgan fingerprint density at radius 2 is 2.15 bits per heavy atom. The highest BCUT2D eigenvalue weighted by Gasteiger charge is 2.12. The van der Waals surface area contributed by atoms with Crippen LogP contribution in [0.2, 0.25) is 0 Å². The summed E-state index contributed by atoms with van der Waals surface area (Å²) in [6.45, 7) is 6.83. The molecule has 0 saturated heterocycles. The smallest absolute Gasteiger partial charge is 0.205 e. The molecule has 0 aromatic carbocycles. The summed E-state index contributed by atoms with van der Waals surface area (Å²) < 4.78 is 5.42. The van der Waals surface area contributed by atoms with E-state index in [0.717, 1.165) is 12.1 Å². The van der Waals surface area contributed by atoms with Crippen LogP contribution in [0.1, 0.15) is 27.2 Å². The van der Waals surface area contributed by atoms with Crippen molar-refractivity contribution in [3.63, 3.8) is 0 Å². The second-order valence-corrected chi connectivity index (χ2v) is 3.66. The lowest BCUT2D eigenvalue weighted by atomic mass is 10.1. The monoisotopic (exact) mass is 182 g/mol. The van der Waals surface area contributed by atoms with Gasteiger partial charge in [-0.2, -0.15) is 0 Å². The van der Waals surface area contributed by atoms with Crippen LogP contribution in [-0.2, 0) is 4.74 Å². The van der Waals surface area contributed by atoms with Crippen molar-refractivity contribution in [2.24, 2.45) is 16.6 Å². The van der Waals surface area contributed by atoms with Crippen LogP contribution in [0, 0.1) is 5.92 Å². The highest BCUT2D eigenvalue weighted by Crippen LogP contribution is 2.15. The van der Waals surface area contributed by atoms with Crippen LogP contribution >= 0.6 is 0 Å². The second kappa shape index (κ2) is 4.42. The zero-order valence-corrected chi connectivity index (χ0v) is 8.58. The zero-order chi connectivity index (χ0) is 9.84. The summed E-state index contributed by atoms with van der Waals surface area (Å²) in [6.07, 6.45) is 3.05. The first-order valence-corrected chi connectivity index (χ1v) is 4.78. The van der Waals surface area contributed by atoms with Gasteiger partial charge in [-0.05, 0) is 12.8 Å². The Morgan fingerprint density at radius 3 is 2.69 bits per heavy atom. The number of ether oxygens (including phenoxy) is 1. The first-order valence-electron chi connectivity index (χ1n) is 4.78. The molecule has 0 spiro atoms. The molecule has 1 aliphatic rings. The minimum Gasteiger partial charge on any atom is -0.479 e. The summed E-state index contributed by atoms with van der Waals surface area (Å²) in [4.78, 5) is 4.41. The minimum atomic E-state index is -0.111. The molecule has 0 amide bonds. The van der Waals surface area contributed by atoms with Gasteiger partial charge in [0, 0.05) is 12.1 Å². The average Bonchev–Trinajstić information content (AvgIpc) is 2.28. The molecule has 0 radical (unpaired) electrons. The van der Waals surface area contributed by atoms with Gasteiger partial charge in [-0.15, -0.1) is 0 Å². The highest BCUT2D eigenvalue weighted by molar-refractivity contribution is 5.82. The molecule has 1 rings (SSSR count). The lowest BCUT2D eigenvalue weighted by molar-refractivity contribution is 0.301. The molecule has 0 aromatic rings. The van der Waals surface area contributed by atoms with E-state index in [0.29, 0.717) is 18.4 Å². The van der Waals surface area contributed by atoms with Crippen LogP contribution in [0.5, 0.6) is 0 Å². The molecule has 1 aliphatic heterocycles. The van der Waals surface area contributed by atoms with Crippen LogP contribution in [-0.4, -0.2) is 18.5 Å². The van der Waals surface area contributed by atoms with Gasteiger partial charge < -0.3 is 10.5 Å². The van der Waals surface area contributed by atoms with Gasteiger partial charge in [0.05, 0.1) is 12.6 Å². The quantitative estimate of drug-likeness (QED) is 0.706. The van der Waals surface area contributed by atoms with Crippen molar-refractivity contribution < 1.29 is 4.74 Å². The Balaban J connectivity index is 2.81. The standard InChI is InChI=1S/C10H18N2O/c1-7(2)9-5-4-6-13-10(12-9)8(3)11/h5,7-8H,4,6,11H2,1-3H3.